The van der Waals surface area contributed by atoms with E-state index in [0.29, 0.717) is 27.2 Å². The summed E-state index contributed by atoms with van der Waals surface area (Å²) in [7, 11) is 2.99. The number of aryl methyl sites for hydroxylation is 1. The minimum Gasteiger partial charge on any atom is -0.497 e. The Hall–Kier alpha value is -3.46. The van der Waals surface area contributed by atoms with Gasteiger partial charge in [-0.2, -0.15) is 0 Å². The summed E-state index contributed by atoms with van der Waals surface area (Å²) < 4.78 is 10.4. The Balaban J connectivity index is 1.65. The number of nitrogens with zero attached hydrogens (tertiary/aromatic N) is 2. The van der Waals surface area contributed by atoms with E-state index in [0.717, 1.165) is 11.1 Å². The van der Waals surface area contributed by atoms with Gasteiger partial charge in [0.25, 0.3) is 5.91 Å². The van der Waals surface area contributed by atoms with Crippen molar-refractivity contribution in [1.82, 2.24) is 15.5 Å². The van der Waals surface area contributed by atoms with E-state index in [1.54, 1.807) is 25.1 Å². The van der Waals surface area contributed by atoms with Crippen molar-refractivity contribution in [3.8, 4) is 22.1 Å². The smallest absolute Gasteiger partial charge is 0.255 e. The molecule has 1 unspecified atom stereocenters. The van der Waals surface area contributed by atoms with Crippen LogP contribution in [0.3, 0.4) is 0 Å². The van der Waals surface area contributed by atoms with Crippen LogP contribution in [-0.2, 0) is 4.79 Å². The summed E-state index contributed by atoms with van der Waals surface area (Å²) in [5.41, 5.74) is 2.34. The number of hydrogen-bond acceptors (Lipinski definition) is 7. The first-order chi connectivity index (χ1) is 14.4. The standard InChI is InChI=1S/C21H22N4O4S/c1-12-6-5-7-14(10-12)20-24-25-21(30-20)23-18(26)13(2)22-19(27)16-9-8-15(28-3)11-17(16)29-4/h5-11,13H,1-4H3,(H,22,27)(H,23,25,26). The molecule has 3 rings (SSSR count). The summed E-state index contributed by atoms with van der Waals surface area (Å²) in [5, 5.41) is 14.6. The highest BCUT2D eigenvalue weighted by molar-refractivity contribution is 7.18. The van der Waals surface area contributed by atoms with Gasteiger partial charge < -0.3 is 14.8 Å². The Labute approximate surface area is 178 Å². The van der Waals surface area contributed by atoms with Crippen molar-refractivity contribution in [3.63, 3.8) is 0 Å². The number of aromatic nitrogens is 2. The second-order valence-electron chi connectivity index (χ2n) is 6.53. The van der Waals surface area contributed by atoms with E-state index in [1.165, 1.54) is 25.6 Å². The van der Waals surface area contributed by atoms with E-state index in [-0.39, 0.29) is 0 Å². The van der Waals surface area contributed by atoms with Crippen LogP contribution in [0, 0.1) is 6.92 Å². The molecule has 156 valence electrons. The van der Waals surface area contributed by atoms with Gasteiger partial charge in [0.1, 0.15) is 22.5 Å². The molecule has 0 aliphatic rings. The lowest BCUT2D eigenvalue weighted by molar-refractivity contribution is -0.117. The zero-order valence-corrected chi connectivity index (χ0v) is 17.9. The third kappa shape index (κ3) is 4.93. The molecule has 1 aromatic heterocycles. The summed E-state index contributed by atoms with van der Waals surface area (Å²) in [6.45, 7) is 3.58. The molecule has 1 atom stereocenters. The summed E-state index contributed by atoms with van der Waals surface area (Å²) >= 11 is 1.27. The van der Waals surface area contributed by atoms with Gasteiger partial charge in [-0.25, -0.2) is 0 Å². The predicted molar refractivity (Wildman–Crippen MR) is 115 cm³/mol. The average Bonchev–Trinajstić information content (AvgIpc) is 3.21. The van der Waals surface area contributed by atoms with Gasteiger partial charge in [0.05, 0.1) is 19.8 Å². The fraction of sp³-hybridized carbons (Fsp3) is 0.238. The van der Waals surface area contributed by atoms with Crippen LogP contribution in [0.25, 0.3) is 10.6 Å². The maximum atomic E-state index is 12.6. The Morgan fingerprint density at radius 3 is 2.57 bits per heavy atom. The number of hydrogen-bond donors (Lipinski definition) is 2. The molecule has 0 fully saturated rings. The lowest BCUT2D eigenvalue weighted by Gasteiger charge is -2.15. The number of ether oxygens (including phenoxy) is 2. The van der Waals surface area contributed by atoms with Gasteiger partial charge in [0.15, 0.2) is 0 Å². The molecule has 2 amide bonds. The number of amides is 2. The summed E-state index contributed by atoms with van der Waals surface area (Å²) in [6, 6.07) is 11.9. The maximum Gasteiger partial charge on any atom is 0.255 e. The van der Waals surface area contributed by atoms with Gasteiger partial charge in [0.2, 0.25) is 11.0 Å². The molecule has 0 aliphatic carbocycles. The van der Waals surface area contributed by atoms with E-state index < -0.39 is 17.9 Å². The van der Waals surface area contributed by atoms with Crippen molar-refractivity contribution >= 4 is 28.3 Å². The summed E-state index contributed by atoms with van der Waals surface area (Å²) in [5.74, 6) is 0.0823. The van der Waals surface area contributed by atoms with Crippen LogP contribution in [0.4, 0.5) is 5.13 Å². The monoisotopic (exact) mass is 426 g/mol. The van der Waals surface area contributed by atoms with E-state index >= 15 is 0 Å². The van der Waals surface area contributed by atoms with Crippen LogP contribution in [-0.4, -0.2) is 42.3 Å². The molecule has 0 aliphatic heterocycles. The first kappa shape index (κ1) is 21.3. The normalized spacial score (nSPS) is 11.5. The SMILES string of the molecule is COc1ccc(C(=O)NC(C)C(=O)Nc2nnc(-c3cccc(C)c3)s2)c(OC)c1. The molecule has 0 saturated carbocycles. The molecular formula is C21H22N4O4S. The fourth-order valence-electron chi connectivity index (χ4n) is 2.71. The second kappa shape index (κ2) is 9.36. The number of carbonyl (C=O) groups is 2. The van der Waals surface area contributed by atoms with Crippen LogP contribution in [0.2, 0.25) is 0 Å². The Morgan fingerprint density at radius 1 is 1.07 bits per heavy atom. The van der Waals surface area contributed by atoms with E-state index in [2.05, 4.69) is 20.8 Å². The number of carbonyl (C=O) groups excluding carboxylic acids is 2. The number of methoxy groups -OCH3 is 2. The molecule has 30 heavy (non-hydrogen) atoms. The van der Waals surface area contributed by atoms with Crippen LogP contribution in [0.15, 0.2) is 42.5 Å². The Morgan fingerprint density at radius 2 is 1.87 bits per heavy atom. The number of anilines is 1. The molecule has 0 spiro atoms. The Bertz CT molecular complexity index is 1070. The first-order valence-electron chi connectivity index (χ1n) is 9.15. The van der Waals surface area contributed by atoms with E-state index in [9.17, 15) is 9.59 Å². The van der Waals surface area contributed by atoms with Gasteiger partial charge in [-0.05, 0) is 32.0 Å². The van der Waals surface area contributed by atoms with E-state index in [4.69, 9.17) is 9.47 Å². The fourth-order valence-corrected chi connectivity index (χ4v) is 3.45. The Kier molecular flexibility index (Phi) is 6.63. The van der Waals surface area contributed by atoms with Gasteiger partial charge in [-0.15, -0.1) is 10.2 Å². The third-order valence-electron chi connectivity index (χ3n) is 4.31. The van der Waals surface area contributed by atoms with Crippen molar-refractivity contribution in [3.05, 3.63) is 53.6 Å². The van der Waals surface area contributed by atoms with Gasteiger partial charge in [-0.3, -0.25) is 14.9 Å². The van der Waals surface area contributed by atoms with Gasteiger partial charge in [-0.1, -0.05) is 35.1 Å². The lowest BCUT2D eigenvalue weighted by Crippen LogP contribution is -2.41. The van der Waals surface area contributed by atoms with Crippen LogP contribution in [0.5, 0.6) is 11.5 Å². The van der Waals surface area contributed by atoms with Crippen molar-refractivity contribution in [2.45, 2.75) is 19.9 Å². The quantitative estimate of drug-likeness (QED) is 0.601. The van der Waals surface area contributed by atoms with Crippen molar-refractivity contribution in [2.24, 2.45) is 0 Å². The van der Waals surface area contributed by atoms with Crippen LogP contribution >= 0.6 is 11.3 Å². The van der Waals surface area contributed by atoms with Crippen LogP contribution in [0.1, 0.15) is 22.8 Å². The number of benzene rings is 2. The highest BCUT2D eigenvalue weighted by Gasteiger charge is 2.21. The van der Waals surface area contributed by atoms with Crippen molar-refractivity contribution < 1.29 is 19.1 Å². The molecule has 0 saturated heterocycles. The summed E-state index contributed by atoms with van der Waals surface area (Å²) in [4.78, 5) is 25.1. The minimum absolute atomic E-state index is 0.301. The highest BCUT2D eigenvalue weighted by Crippen LogP contribution is 2.27. The second-order valence-corrected chi connectivity index (χ2v) is 7.51. The first-order valence-corrected chi connectivity index (χ1v) is 9.97. The average molecular weight is 426 g/mol. The van der Waals surface area contributed by atoms with Crippen LogP contribution < -0.4 is 20.1 Å². The number of rotatable bonds is 7. The number of nitrogens with one attached hydrogen (secondary N) is 2. The van der Waals surface area contributed by atoms with Crippen molar-refractivity contribution in [1.29, 1.82) is 0 Å². The molecule has 2 N–H and O–H groups in total. The van der Waals surface area contributed by atoms with E-state index in [1.807, 2.05) is 31.2 Å². The molecule has 1 heterocycles. The van der Waals surface area contributed by atoms with Gasteiger partial charge in [0, 0.05) is 11.6 Å². The molecular weight excluding hydrogens is 404 g/mol. The summed E-state index contributed by atoms with van der Waals surface area (Å²) in [6.07, 6.45) is 0. The highest BCUT2D eigenvalue weighted by atomic mass is 32.1. The molecule has 2 aromatic carbocycles. The topological polar surface area (TPSA) is 102 Å². The van der Waals surface area contributed by atoms with Gasteiger partial charge >= 0.3 is 0 Å². The molecule has 8 nitrogen and oxygen atoms in total. The zero-order chi connectivity index (χ0) is 21.7. The minimum atomic E-state index is -0.796. The largest absolute Gasteiger partial charge is 0.497 e. The molecule has 3 aromatic rings. The molecule has 0 radical (unpaired) electrons. The molecule has 0 bridgehead atoms. The lowest BCUT2D eigenvalue weighted by atomic mass is 10.1. The third-order valence-corrected chi connectivity index (χ3v) is 5.20. The van der Waals surface area contributed by atoms with Crippen molar-refractivity contribution in [2.75, 3.05) is 19.5 Å². The zero-order valence-electron chi connectivity index (χ0n) is 17.1. The predicted octanol–water partition coefficient (Wildman–Crippen LogP) is 3.29. The molecule has 9 heteroatoms. The maximum absolute atomic E-state index is 12.6.